The Hall–Kier alpha value is -1.74. The topological polar surface area (TPSA) is 45.2 Å². The van der Waals surface area contributed by atoms with E-state index >= 15 is 0 Å². The minimum Gasteiger partial charge on any atom is -0.493 e. The Bertz CT molecular complexity index is 572. The van der Waals surface area contributed by atoms with Crippen LogP contribution in [-0.4, -0.2) is 16.7 Å². The molecule has 3 heteroatoms. The molecule has 1 aliphatic rings. The number of aryl methyl sites for hydroxylation is 2. The number of aromatic nitrogens is 1. The third-order valence-corrected chi connectivity index (χ3v) is 3.51. The quantitative estimate of drug-likeness (QED) is 0.852. The van der Waals surface area contributed by atoms with Gasteiger partial charge in [-0.25, -0.2) is 0 Å². The number of aliphatic hydroxyl groups excluding tert-OH is 1. The zero-order valence-electron chi connectivity index (χ0n) is 10.5. The molecule has 0 fully saturated rings. The molecule has 0 aliphatic carbocycles. The SMILES string of the molecule is Cc1[nH]c(-c2ccc3c(c2)CCCO3)cc1CO. The summed E-state index contributed by atoms with van der Waals surface area (Å²) in [6.45, 7) is 2.88. The summed E-state index contributed by atoms with van der Waals surface area (Å²) in [5.41, 5.74) is 5.48. The van der Waals surface area contributed by atoms with Crippen LogP contribution >= 0.6 is 0 Å². The maximum Gasteiger partial charge on any atom is 0.122 e. The van der Waals surface area contributed by atoms with Crippen LogP contribution in [-0.2, 0) is 13.0 Å². The number of hydrogen-bond donors (Lipinski definition) is 2. The number of fused-ring (bicyclic) bond motifs is 1. The number of rotatable bonds is 2. The number of benzene rings is 1. The molecule has 0 saturated heterocycles. The van der Waals surface area contributed by atoms with Gasteiger partial charge in [-0.3, -0.25) is 0 Å². The zero-order chi connectivity index (χ0) is 12.5. The molecule has 0 radical (unpaired) electrons. The molecule has 18 heavy (non-hydrogen) atoms. The van der Waals surface area contributed by atoms with Gasteiger partial charge in [-0.2, -0.15) is 0 Å². The third kappa shape index (κ3) is 1.91. The van der Waals surface area contributed by atoms with Gasteiger partial charge in [0, 0.05) is 11.4 Å². The number of hydrogen-bond acceptors (Lipinski definition) is 2. The second-order valence-corrected chi connectivity index (χ2v) is 4.77. The summed E-state index contributed by atoms with van der Waals surface area (Å²) in [6, 6.07) is 8.30. The van der Waals surface area contributed by atoms with E-state index in [4.69, 9.17) is 4.74 Å². The van der Waals surface area contributed by atoms with Crippen molar-refractivity contribution in [2.45, 2.75) is 26.4 Å². The standard InChI is InChI=1S/C15H17NO2/c1-10-13(9-17)8-14(16-10)11-4-5-15-12(7-11)3-2-6-18-15/h4-5,7-8,16-17H,2-3,6,9H2,1H3. The Morgan fingerprint density at radius 1 is 1.33 bits per heavy atom. The Labute approximate surface area is 106 Å². The minimum absolute atomic E-state index is 0.0797. The van der Waals surface area contributed by atoms with E-state index in [1.54, 1.807) is 0 Å². The van der Waals surface area contributed by atoms with Gasteiger partial charge in [-0.15, -0.1) is 0 Å². The molecule has 1 aromatic carbocycles. The average molecular weight is 243 g/mol. The number of aromatic amines is 1. The van der Waals surface area contributed by atoms with Gasteiger partial charge in [0.1, 0.15) is 5.75 Å². The van der Waals surface area contributed by atoms with Crippen LogP contribution < -0.4 is 4.74 Å². The molecule has 3 nitrogen and oxygen atoms in total. The summed E-state index contributed by atoms with van der Waals surface area (Å²) in [6.07, 6.45) is 2.16. The zero-order valence-corrected chi connectivity index (χ0v) is 10.5. The predicted molar refractivity (Wildman–Crippen MR) is 70.7 cm³/mol. The van der Waals surface area contributed by atoms with Crippen LogP contribution in [0.3, 0.4) is 0 Å². The third-order valence-electron chi connectivity index (χ3n) is 3.51. The van der Waals surface area contributed by atoms with E-state index in [9.17, 15) is 5.11 Å². The van der Waals surface area contributed by atoms with E-state index in [0.29, 0.717) is 0 Å². The summed E-state index contributed by atoms with van der Waals surface area (Å²) in [5, 5.41) is 9.23. The lowest BCUT2D eigenvalue weighted by Gasteiger charge is -2.17. The first-order valence-electron chi connectivity index (χ1n) is 6.33. The molecule has 0 atom stereocenters. The molecule has 0 amide bonds. The fourth-order valence-corrected chi connectivity index (χ4v) is 2.45. The smallest absolute Gasteiger partial charge is 0.122 e. The highest BCUT2D eigenvalue weighted by atomic mass is 16.5. The average Bonchev–Trinajstić information content (AvgIpc) is 2.79. The lowest BCUT2D eigenvalue weighted by Crippen LogP contribution is -2.08. The van der Waals surface area contributed by atoms with Gasteiger partial charge < -0.3 is 14.8 Å². The number of ether oxygens (including phenoxy) is 1. The van der Waals surface area contributed by atoms with Crippen molar-refractivity contribution in [3.8, 4) is 17.0 Å². The van der Waals surface area contributed by atoms with Gasteiger partial charge in [0.05, 0.1) is 13.2 Å². The predicted octanol–water partition coefficient (Wildman–Crippen LogP) is 2.81. The summed E-state index contributed by atoms with van der Waals surface area (Å²) < 4.78 is 5.61. The first-order chi connectivity index (χ1) is 8.78. The molecule has 2 N–H and O–H groups in total. The van der Waals surface area contributed by atoms with Crippen molar-refractivity contribution in [3.63, 3.8) is 0 Å². The molecule has 3 rings (SSSR count). The fraction of sp³-hybridized carbons (Fsp3) is 0.333. The lowest BCUT2D eigenvalue weighted by molar-refractivity contribution is 0.281. The van der Waals surface area contributed by atoms with Crippen molar-refractivity contribution in [1.29, 1.82) is 0 Å². The highest BCUT2D eigenvalue weighted by Gasteiger charge is 2.12. The molecule has 1 aliphatic heterocycles. The summed E-state index contributed by atoms with van der Waals surface area (Å²) in [4.78, 5) is 3.32. The van der Waals surface area contributed by atoms with Gasteiger partial charge >= 0.3 is 0 Å². The molecule has 0 unspecified atom stereocenters. The van der Waals surface area contributed by atoms with Gasteiger partial charge in [0.2, 0.25) is 0 Å². The van der Waals surface area contributed by atoms with E-state index < -0.39 is 0 Å². The highest BCUT2D eigenvalue weighted by Crippen LogP contribution is 2.30. The van der Waals surface area contributed by atoms with Crippen molar-refractivity contribution in [1.82, 2.24) is 4.98 Å². The summed E-state index contributed by atoms with van der Waals surface area (Å²) in [5.74, 6) is 1.01. The minimum atomic E-state index is 0.0797. The van der Waals surface area contributed by atoms with Crippen LogP contribution in [0.4, 0.5) is 0 Å². The molecule has 2 aromatic rings. The Morgan fingerprint density at radius 2 is 2.22 bits per heavy atom. The van der Waals surface area contributed by atoms with E-state index in [-0.39, 0.29) is 6.61 Å². The van der Waals surface area contributed by atoms with E-state index in [1.807, 2.05) is 19.1 Å². The monoisotopic (exact) mass is 243 g/mol. The van der Waals surface area contributed by atoms with Crippen molar-refractivity contribution >= 4 is 0 Å². The summed E-state index contributed by atoms with van der Waals surface area (Å²) >= 11 is 0. The largest absolute Gasteiger partial charge is 0.493 e. The van der Waals surface area contributed by atoms with Gasteiger partial charge in [0.15, 0.2) is 0 Å². The molecule has 94 valence electrons. The van der Waals surface area contributed by atoms with E-state index in [0.717, 1.165) is 47.7 Å². The number of H-pyrrole nitrogens is 1. The molecular formula is C15H17NO2. The van der Waals surface area contributed by atoms with Crippen LogP contribution in [0.5, 0.6) is 5.75 Å². The van der Waals surface area contributed by atoms with Crippen LogP contribution in [0.15, 0.2) is 24.3 Å². The maximum atomic E-state index is 9.23. The van der Waals surface area contributed by atoms with Crippen LogP contribution in [0.2, 0.25) is 0 Å². The first kappa shape index (κ1) is 11.4. The van der Waals surface area contributed by atoms with Crippen molar-refractivity contribution < 1.29 is 9.84 Å². The van der Waals surface area contributed by atoms with E-state index in [1.165, 1.54) is 5.56 Å². The Balaban J connectivity index is 2.00. The Kier molecular flexibility index (Phi) is 2.84. The second kappa shape index (κ2) is 4.50. The number of aliphatic hydroxyl groups is 1. The van der Waals surface area contributed by atoms with Crippen LogP contribution in [0.1, 0.15) is 23.2 Å². The number of nitrogens with one attached hydrogen (secondary N) is 1. The van der Waals surface area contributed by atoms with Gasteiger partial charge in [-0.05, 0) is 60.7 Å². The van der Waals surface area contributed by atoms with Crippen molar-refractivity contribution in [2.24, 2.45) is 0 Å². The molecule has 1 aromatic heterocycles. The van der Waals surface area contributed by atoms with Gasteiger partial charge in [0.25, 0.3) is 0 Å². The van der Waals surface area contributed by atoms with Crippen molar-refractivity contribution in [3.05, 3.63) is 41.1 Å². The lowest BCUT2D eigenvalue weighted by atomic mass is 10.0. The van der Waals surface area contributed by atoms with E-state index in [2.05, 4.69) is 17.1 Å². The Morgan fingerprint density at radius 3 is 3.00 bits per heavy atom. The molecule has 0 spiro atoms. The normalized spacial score (nSPS) is 14.1. The fourth-order valence-electron chi connectivity index (χ4n) is 2.45. The molecular weight excluding hydrogens is 226 g/mol. The molecule has 0 bridgehead atoms. The maximum absolute atomic E-state index is 9.23. The van der Waals surface area contributed by atoms with Gasteiger partial charge in [-0.1, -0.05) is 0 Å². The van der Waals surface area contributed by atoms with Crippen LogP contribution in [0, 0.1) is 6.92 Å². The van der Waals surface area contributed by atoms with Crippen molar-refractivity contribution in [2.75, 3.05) is 6.61 Å². The first-order valence-corrected chi connectivity index (χ1v) is 6.33. The van der Waals surface area contributed by atoms with Crippen LogP contribution in [0.25, 0.3) is 11.3 Å². The summed E-state index contributed by atoms with van der Waals surface area (Å²) in [7, 11) is 0. The molecule has 0 saturated carbocycles. The second-order valence-electron chi connectivity index (χ2n) is 4.77. The molecule has 2 heterocycles. The highest BCUT2D eigenvalue weighted by molar-refractivity contribution is 5.64.